The van der Waals surface area contributed by atoms with E-state index in [-0.39, 0.29) is 11.4 Å². The van der Waals surface area contributed by atoms with Gasteiger partial charge in [-0.05, 0) is 24.3 Å². The van der Waals surface area contributed by atoms with E-state index in [2.05, 4.69) is 5.92 Å². The number of halogens is 1. The van der Waals surface area contributed by atoms with Crippen LogP contribution in [0.3, 0.4) is 0 Å². The molecule has 1 N–H and O–H groups in total. The zero-order chi connectivity index (χ0) is 13.8. The Hall–Kier alpha value is -1.55. The zero-order valence-electron chi connectivity index (χ0n) is 9.21. The summed E-state index contributed by atoms with van der Waals surface area (Å²) in [5.41, 5.74) is 0. The molecule has 0 amide bonds. The summed E-state index contributed by atoms with van der Waals surface area (Å²) < 4.78 is 24.9. The van der Waals surface area contributed by atoms with Crippen LogP contribution < -0.4 is 0 Å². The van der Waals surface area contributed by atoms with E-state index < -0.39 is 22.5 Å². The number of terminal acetylenes is 1. The molecule has 0 atom stereocenters. The maximum atomic E-state index is 12.1. The first-order valence-electron chi connectivity index (χ1n) is 4.79. The van der Waals surface area contributed by atoms with Gasteiger partial charge in [-0.25, -0.2) is 8.42 Å². The van der Waals surface area contributed by atoms with Gasteiger partial charge < -0.3 is 5.11 Å². The van der Waals surface area contributed by atoms with Crippen LogP contribution in [-0.4, -0.2) is 36.9 Å². The first-order chi connectivity index (χ1) is 8.37. The normalized spacial score (nSPS) is 11.2. The number of carboxylic acids is 1. The molecule has 0 radical (unpaired) electrons. The van der Waals surface area contributed by atoms with Crippen LogP contribution in [0.2, 0.25) is 5.02 Å². The van der Waals surface area contributed by atoms with Crippen molar-refractivity contribution >= 4 is 27.6 Å². The molecule has 1 rings (SSSR count). The second-order valence-electron chi connectivity index (χ2n) is 3.32. The van der Waals surface area contributed by atoms with Gasteiger partial charge in [0.15, 0.2) is 0 Å². The minimum Gasteiger partial charge on any atom is -0.480 e. The van der Waals surface area contributed by atoms with Crippen LogP contribution >= 0.6 is 11.6 Å². The fourth-order valence-corrected chi connectivity index (χ4v) is 2.66. The lowest BCUT2D eigenvalue weighted by molar-refractivity contribution is -0.137. The van der Waals surface area contributed by atoms with Gasteiger partial charge in [0, 0.05) is 5.02 Å². The summed E-state index contributed by atoms with van der Waals surface area (Å²) in [7, 11) is -3.92. The number of aliphatic carboxylic acids is 1. The average molecular weight is 288 g/mol. The van der Waals surface area contributed by atoms with E-state index in [1.165, 1.54) is 24.3 Å². The van der Waals surface area contributed by atoms with Gasteiger partial charge in [0.1, 0.15) is 6.54 Å². The molecule has 0 bridgehead atoms. The lowest BCUT2D eigenvalue weighted by atomic mass is 10.4. The highest BCUT2D eigenvalue weighted by Crippen LogP contribution is 2.18. The van der Waals surface area contributed by atoms with Crippen molar-refractivity contribution in [1.82, 2.24) is 4.31 Å². The van der Waals surface area contributed by atoms with E-state index in [4.69, 9.17) is 23.1 Å². The molecule has 0 fully saturated rings. The molecule has 0 heterocycles. The predicted octanol–water partition coefficient (Wildman–Crippen LogP) is 1.05. The third kappa shape index (κ3) is 3.47. The number of carbonyl (C=O) groups is 1. The SMILES string of the molecule is C#CCN(CC(=O)O)S(=O)(=O)c1ccc(Cl)cc1. The molecule has 7 heteroatoms. The van der Waals surface area contributed by atoms with Crippen molar-refractivity contribution in [3.63, 3.8) is 0 Å². The highest BCUT2D eigenvalue weighted by molar-refractivity contribution is 7.89. The van der Waals surface area contributed by atoms with E-state index in [0.29, 0.717) is 9.33 Å². The molecule has 1 aromatic carbocycles. The molecule has 5 nitrogen and oxygen atoms in total. The predicted molar refractivity (Wildman–Crippen MR) is 66.7 cm³/mol. The van der Waals surface area contributed by atoms with Crippen molar-refractivity contribution in [3.05, 3.63) is 29.3 Å². The van der Waals surface area contributed by atoms with Gasteiger partial charge in [-0.3, -0.25) is 4.79 Å². The molecule has 0 saturated carbocycles. The van der Waals surface area contributed by atoms with E-state index in [0.717, 1.165) is 0 Å². The molecule has 0 spiro atoms. The topological polar surface area (TPSA) is 74.7 Å². The average Bonchev–Trinajstić information content (AvgIpc) is 2.28. The Kier molecular flexibility index (Phi) is 4.73. The van der Waals surface area contributed by atoms with Crippen molar-refractivity contribution in [2.24, 2.45) is 0 Å². The molecule has 18 heavy (non-hydrogen) atoms. The van der Waals surface area contributed by atoms with Crippen LogP contribution in [0.5, 0.6) is 0 Å². The Balaban J connectivity index is 3.13. The van der Waals surface area contributed by atoms with Gasteiger partial charge >= 0.3 is 5.97 Å². The maximum absolute atomic E-state index is 12.1. The van der Waals surface area contributed by atoms with Crippen molar-refractivity contribution < 1.29 is 18.3 Å². The maximum Gasteiger partial charge on any atom is 0.318 e. The molecular formula is C11H10ClNO4S. The number of sulfonamides is 1. The first-order valence-corrected chi connectivity index (χ1v) is 6.60. The van der Waals surface area contributed by atoms with Crippen molar-refractivity contribution in [2.75, 3.05) is 13.1 Å². The second kappa shape index (κ2) is 5.87. The summed E-state index contributed by atoms with van der Waals surface area (Å²) in [6.07, 6.45) is 5.03. The standard InChI is InChI=1S/C11H10ClNO4S/c1-2-7-13(8-11(14)15)18(16,17)10-5-3-9(12)4-6-10/h1,3-6H,7-8H2,(H,14,15). The van der Waals surface area contributed by atoms with Crippen molar-refractivity contribution in [2.45, 2.75) is 4.90 Å². The number of nitrogens with zero attached hydrogens (tertiary/aromatic N) is 1. The summed E-state index contributed by atoms with van der Waals surface area (Å²) in [4.78, 5) is 10.6. The molecule has 0 aliphatic rings. The molecule has 0 aliphatic heterocycles. The number of hydrogen-bond donors (Lipinski definition) is 1. The van der Waals surface area contributed by atoms with Gasteiger partial charge in [-0.2, -0.15) is 4.31 Å². The Labute approximate surface area is 110 Å². The molecule has 0 aliphatic carbocycles. The zero-order valence-corrected chi connectivity index (χ0v) is 10.8. The minimum atomic E-state index is -3.92. The lowest BCUT2D eigenvalue weighted by Crippen LogP contribution is -2.35. The van der Waals surface area contributed by atoms with Gasteiger partial charge in [0.25, 0.3) is 0 Å². The Morgan fingerprint density at radius 1 is 1.39 bits per heavy atom. The molecule has 0 unspecified atom stereocenters. The largest absolute Gasteiger partial charge is 0.480 e. The van der Waals surface area contributed by atoms with Crippen LogP contribution in [0.25, 0.3) is 0 Å². The van der Waals surface area contributed by atoms with E-state index in [1.54, 1.807) is 0 Å². The van der Waals surface area contributed by atoms with Crippen LogP contribution in [0.1, 0.15) is 0 Å². The highest BCUT2D eigenvalue weighted by atomic mass is 35.5. The summed E-state index contributed by atoms with van der Waals surface area (Å²) >= 11 is 5.65. The third-order valence-electron chi connectivity index (χ3n) is 2.03. The van der Waals surface area contributed by atoms with Gasteiger partial charge in [-0.1, -0.05) is 17.5 Å². The summed E-state index contributed by atoms with van der Waals surface area (Å²) in [5, 5.41) is 9.05. The monoisotopic (exact) mass is 287 g/mol. The van der Waals surface area contributed by atoms with Gasteiger partial charge in [0.05, 0.1) is 11.4 Å². The van der Waals surface area contributed by atoms with Crippen molar-refractivity contribution in [1.29, 1.82) is 0 Å². The summed E-state index contributed by atoms with van der Waals surface area (Å²) in [5.74, 6) is 0.843. The van der Waals surface area contributed by atoms with Crippen LogP contribution in [-0.2, 0) is 14.8 Å². The van der Waals surface area contributed by atoms with Crippen LogP contribution in [0.15, 0.2) is 29.2 Å². The molecular weight excluding hydrogens is 278 g/mol. The van der Waals surface area contributed by atoms with Gasteiger partial charge in [0.2, 0.25) is 10.0 Å². The van der Waals surface area contributed by atoms with E-state index >= 15 is 0 Å². The number of benzene rings is 1. The first kappa shape index (κ1) is 14.5. The van der Waals surface area contributed by atoms with Crippen LogP contribution in [0, 0.1) is 12.3 Å². The molecule has 96 valence electrons. The highest BCUT2D eigenvalue weighted by Gasteiger charge is 2.25. The minimum absolute atomic E-state index is 0.0524. The fourth-order valence-electron chi connectivity index (χ4n) is 1.23. The van der Waals surface area contributed by atoms with Crippen molar-refractivity contribution in [3.8, 4) is 12.3 Å². The number of rotatable bonds is 5. The smallest absolute Gasteiger partial charge is 0.318 e. The van der Waals surface area contributed by atoms with Gasteiger partial charge in [-0.15, -0.1) is 6.42 Å². The Morgan fingerprint density at radius 2 is 1.94 bits per heavy atom. The second-order valence-corrected chi connectivity index (χ2v) is 5.70. The van der Waals surface area contributed by atoms with Crippen LogP contribution in [0.4, 0.5) is 0 Å². The number of hydrogen-bond acceptors (Lipinski definition) is 3. The molecule has 0 aromatic heterocycles. The summed E-state index contributed by atoms with van der Waals surface area (Å²) in [6, 6.07) is 5.40. The molecule has 0 saturated heterocycles. The Morgan fingerprint density at radius 3 is 2.39 bits per heavy atom. The fraction of sp³-hybridized carbons (Fsp3) is 0.182. The van der Waals surface area contributed by atoms with E-state index in [9.17, 15) is 13.2 Å². The third-order valence-corrected chi connectivity index (χ3v) is 4.09. The lowest BCUT2D eigenvalue weighted by Gasteiger charge is -2.17. The quantitative estimate of drug-likeness (QED) is 0.822. The number of carboxylic acid groups (broad SMARTS) is 1. The summed E-state index contributed by atoms with van der Waals surface area (Å²) in [6.45, 7) is -0.994. The Bertz CT molecular complexity index is 574. The van der Waals surface area contributed by atoms with E-state index in [1.807, 2.05) is 0 Å². The molecule has 1 aromatic rings.